The van der Waals surface area contributed by atoms with Gasteiger partial charge in [0.2, 0.25) is 5.91 Å². The molecule has 2 amide bonds. The van der Waals surface area contributed by atoms with Gasteiger partial charge in [0.15, 0.2) is 5.69 Å². The van der Waals surface area contributed by atoms with Gasteiger partial charge in [-0.2, -0.15) is 5.10 Å². The van der Waals surface area contributed by atoms with Gasteiger partial charge < -0.3 is 9.80 Å². The van der Waals surface area contributed by atoms with Gasteiger partial charge in [-0.05, 0) is 42.7 Å². The summed E-state index contributed by atoms with van der Waals surface area (Å²) in [6, 6.07) is 9.72. The molecule has 3 atom stereocenters. The molecular weight excluding hydrogens is 371 g/mol. The highest BCUT2D eigenvalue weighted by Crippen LogP contribution is 2.47. The number of hydrogen-bond donors (Lipinski definition) is 0. The zero-order valence-corrected chi connectivity index (χ0v) is 16.1. The summed E-state index contributed by atoms with van der Waals surface area (Å²) < 4.78 is 14.0. The molecule has 7 heteroatoms. The number of fused-ring (bicyclic) bond motifs is 1. The SMILES string of the molecule is O=C(c1cccnn1)N1C[C@H]2CN(C(=O)C3CCC3)[C@@H](c3cccc(F)c3)[C@H]2C1. The molecule has 1 aromatic heterocycles. The van der Waals surface area contributed by atoms with E-state index in [0.29, 0.717) is 25.3 Å². The molecule has 3 fully saturated rings. The summed E-state index contributed by atoms with van der Waals surface area (Å²) in [6.45, 7) is 1.74. The maximum absolute atomic E-state index is 14.0. The van der Waals surface area contributed by atoms with Crippen LogP contribution in [0.3, 0.4) is 0 Å². The fourth-order valence-corrected chi connectivity index (χ4v) is 5.02. The standard InChI is InChI=1S/C22H23FN4O2/c23-17-7-2-6-15(10-17)20-18-13-26(22(29)19-8-3-9-24-25-19)11-16(18)12-27(20)21(28)14-4-1-5-14/h2-3,6-10,14,16,18,20H,1,4-5,11-13H2/t16-,18-,20-/m0/s1. The van der Waals surface area contributed by atoms with Crippen molar-refractivity contribution in [3.8, 4) is 0 Å². The molecule has 0 radical (unpaired) electrons. The van der Waals surface area contributed by atoms with Gasteiger partial charge in [0.05, 0.1) is 6.04 Å². The molecule has 2 saturated heterocycles. The minimum absolute atomic E-state index is 0.0986. The summed E-state index contributed by atoms with van der Waals surface area (Å²) in [4.78, 5) is 29.7. The molecule has 2 aromatic rings. The molecule has 0 unspecified atom stereocenters. The fraction of sp³-hybridized carbons (Fsp3) is 0.455. The van der Waals surface area contributed by atoms with E-state index in [9.17, 15) is 14.0 Å². The molecule has 3 heterocycles. The Bertz CT molecular complexity index is 933. The van der Waals surface area contributed by atoms with Crippen molar-refractivity contribution in [3.05, 3.63) is 59.7 Å². The van der Waals surface area contributed by atoms with Gasteiger partial charge in [0.25, 0.3) is 5.91 Å². The lowest BCUT2D eigenvalue weighted by Gasteiger charge is -2.35. The molecule has 2 aliphatic heterocycles. The molecule has 1 aromatic carbocycles. The van der Waals surface area contributed by atoms with Gasteiger partial charge in [-0.25, -0.2) is 4.39 Å². The molecule has 3 aliphatic rings. The van der Waals surface area contributed by atoms with Gasteiger partial charge >= 0.3 is 0 Å². The Morgan fingerprint density at radius 2 is 1.93 bits per heavy atom. The lowest BCUT2D eigenvalue weighted by Crippen LogP contribution is -2.41. The van der Waals surface area contributed by atoms with E-state index < -0.39 is 0 Å². The van der Waals surface area contributed by atoms with Gasteiger partial charge in [-0.15, -0.1) is 5.10 Å². The quantitative estimate of drug-likeness (QED) is 0.803. The van der Waals surface area contributed by atoms with Crippen molar-refractivity contribution >= 4 is 11.8 Å². The smallest absolute Gasteiger partial charge is 0.274 e. The van der Waals surface area contributed by atoms with Crippen molar-refractivity contribution < 1.29 is 14.0 Å². The maximum Gasteiger partial charge on any atom is 0.274 e. The van der Waals surface area contributed by atoms with E-state index in [2.05, 4.69) is 10.2 Å². The number of rotatable bonds is 3. The van der Waals surface area contributed by atoms with E-state index >= 15 is 0 Å². The number of carbonyl (C=O) groups is 2. The van der Waals surface area contributed by atoms with Crippen molar-refractivity contribution in [1.82, 2.24) is 20.0 Å². The number of benzene rings is 1. The summed E-state index contributed by atoms with van der Waals surface area (Å²) in [5, 5.41) is 7.74. The Hall–Kier alpha value is -2.83. The molecule has 29 heavy (non-hydrogen) atoms. The van der Waals surface area contributed by atoms with Crippen LogP contribution in [0, 0.1) is 23.6 Å². The molecule has 6 nitrogen and oxygen atoms in total. The van der Waals surface area contributed by atoms with Crippen LogP contribution < -0.4 is 0 Å². The number of aromatic nitrogens is 2. The molecular formula is C22H23FN4O2. The normalized spacial score (nSPS) is 26.3. The van der Waals surface area contributed by atoms with Crippen molar-refractivity contribution in [2.24, 2.45) is 17.8 Å². The number of likely N-dealkylation sites (tertiary alicyclic amines) is 2. The van der Waals surface area contributed by atoms with Gasteiger partial charge in [-0.3, -0.25) is 9.59 Å². The number of nitrogens with zero attached hydrogens (tertiary/aromatic N) is 4. The van der Waals surface area contributed by atoms with Crippen molar-refractivity contribution in [2.75, 3.05) is 19.6 Å². The number of halogens is 1. The monoisotopic (exact) mass is 394 g/mol. The van der Waals surface area contributed by atoms with Gasteiger partial charge in [-0.1, -0.05) is 18.6 Å². The first-order valence-electron chi connectivity index (χ1n) is 10.2. The highest BCUT2D eigenvalue weighted by Gasteiger charge is 2.51. The van der Waals surface area contributed by atoms with Crippen LogP contribution in [0.5, 0.6) is 0 Å². The van der Waals surface area contributed by atoms with Crippen LogP contribution in [0.4, 0.5) is 4.39 Å². The summed E-state index contributed by atoms with van der Waals surface area (Å²) in [5.74, 6) is 0.137. The van der Waals surface area contributed by atoms with E-state index in [0.717, 1.165) is 24.8 Å². The van der Waals surface area contributed by atoms with Crippen molar-refractivity contribution in [1.29, 1.82) is 0 Å². The van der Waals surface area contributed by atoms with E-state index in [1.807, 2.05) is 11.0 Å². The van der Waals surface area contributed by atoms with Crippen molar-refractivity contribution in [3.63, 3.8) is 0 Å². The lowest BCUT2D eigenvalue weighted by atomic mass is 9.83. The van der Waals surface area contributed by atoms with Crippen LogP contribution in [0.15, 0.2) is 42.6 Å². The molecule has 150 valence electrons. The van der Waals surface area contributed by atoms with Gasteiger partial charge in [0.1, 0.15) is 5.82 Å². The molecule has 0 N–H and O–H groups in total. The second kappa shape index (κ2) is 7.21. The zero-order valence-electron chi connectivity index (χ0n) is 16.1. The maximum atomic E-state index is 14.0. The predicted molar refractivity (Wildman–Crippen MR) is 103 cm³/mol. The van der Waals surface area contributed by atoms with E-state index in [4.69, 9.17) is 0 Å². The van der Waals surface area contributed by atoms with E-state index in [1.165, 1.54) is 12.1 Å². The third-order valence-corrected chi connectivity index (χ3v) is 6.67. The minimum Gasteiger partial charge on any atom is -0.337 e. The first kappa shape index (κ1) is 18.2. The average molecular weight is 394 g/mol. The Balaban J connectivity index is 1.42. The van der Waals surface area contributed by atoms with Crippen LogP contribution >= 0.6 is 0 Å². The third-order valence-electron chi connectivity index (χ3n) is 6.67. The topological polar surface area (TPSA) is 66.4 Å². The van der Waals surface area contributed by atoms with Gasteiger partial charge in [0, 0.05) is 43.6 Å². The number of hydrogen-bond acceptors (Lipinski definition) is 4. The molecule has 1 aliphatic carbocycles. The fourth-order valence-electron chi connectivity index (χ4n) is 5.02. The molecule has 1 saturated carbocycles. The predicted octanol–water partition coefficient (Wildman–Crippen LogP) is 2.69. The Morgan fingerprint density at radius 1 is 1.07 bits per heavy atom. The summed E-state index contributed by atoms with van der Waals surface area (Å²) in [5.41, 5.74) is 1.15. The first-order valence-corrected chi connectivity index (χ1v) is 10.2. The number of amides is 2. The largest absolute Gasteiger partial charge is 0.337 e. The highest BCUT2D eigenvalue weighted by atomic mass is 19.1. The van der Waals surface area contributed by atoms with Crippen LogP contribution in [-0.4, -0.2) is 51.4 Å². The Kier molecular flexibility index (Phi) is 4.53. The second-order valence-electron chi connectivity index (χ2n) is 8.36. The first-order chi connectivity index (χ1) is 14.1. The van der Waals surface area contributed by atoms with Crippen LogP contribution in [-0.2, 0) is 4.79 Å². The van der Waals surface area contributed by atoms with Crippen molar-refractivity contribution in [2.45, 2.75) is 25.3 Å². The highest BCUT2D eigenvalue weighted by molar-refractivity contribution is 5.92. The average Bonchev–Trinajstić information content (AvgIpc) is 3.24. The second-order valence-corrected chi connectivity index (χ2v) is 8.36. The Morgan fingerprint density at radius 3 is 2.62 bits per heavy atom. The lowest BCUT2D eigenvalue weighted by molar-refractivity contribution is -0.139. The zero-order chi connectivity index (χ0) is 20.0. The summed E-state index contributed by atoms with van der Waals surface area (Å²) in [7, 11) is 0. The Labute approximate surface area is 168 Å². The third kappa shape index (κ3) is 3.18. The van der Waals surface area contributed by atoms with Crippen LogP contribution in [0.1, 0.15) is 41.4 Å². The summed E-state index contributed by atoms with van der Waals surface area (Å²) >= 11 is 0. The van der Waals surface area contributed by atoms with Crippen LogP contribution in [0.2, 0.25) is 0 Å². The number of carbonyl (C=O) groups excluding carboxylic acids is 2. The minimum atomic E-state index is -0.299. The molecule has 0 bridgehead atoms. The molecule has 5 rings (SSSR count). The van der Waals surface area contributed by atoms with Crippen LogP contribution in [0.25, 0.3) is 0 Å². The summed E-state index contributed by atoms with van der Waals surface area (Å²) in [6.07, 6.45) is 4.52. The van der Waals surface area contributed by atoms with E-state index in [-0.39, 0.29) is 41.4 Å². The molecule has 0 spiro atoms. The van der Waals surface area contributed by atoms with E-state index in [1.54, 1.807) is 29.3 Å².